The topological polar surface area (TPSA) is 50.4 Å². The van der Waals surface area contributed by atoms with Crippen molar-refractivity contribution in [2.45, 2.75) is 26.2 Å². The van der Waals surface area contributed by atoms with E-state index < -0.39 is 0 Å². The van der Waals surface area contributed by atoms with E-state index in [1.807, 2.05) is 0 Å². The van der Waals surface area contributed by atoms with Crippen LogP contribution in [0.5, 0.6) is 0 Å². The lowest BCUT2D eigenvalue weighted by atomic mass is 9.88. The highest BCUT2D eigenvalue weighted by Gasteiger charge is 2.33. The fourth-order valence-electron chi connectivity index (χ4n) is 2.25. The zero-order valence-corrected chi connectivity index (χ0v) is 10.1. The predicted octanol–water partition coefficient (Wildman–Crippen LogP) is 0.529. The minimum Gasteiger partial charge on any atom is -0.380 e. The van der Waals surface area contributed by atoms with Crippen LogP contribution < -0.4 is 10.6 Å². The molecule has 0 aromatic rings. The van der Waals surface area contributed by atoms with Crippen LogP contribution in [-0.4, -0.2) is 38.8 Å². The Morgan fingerprint density at radius 1 is 1.56 bits per heavy atom. The fourth-order valence-corrected chi connectivity index (χ4v) is 2.25. The molecule has 92 valence electrons. The summed E-state index contributed by atoms with van der Waals surface area (Å²) in [6.07, 6.45) is 2.91. The van der Waals surface area contributed by atoms with Crippen LogP contribution in [0.15, 0.2) is 0 Å². The van der Waals surface area contributed by atoms with Crippen LogP contribution in [0.3, 0.4) is 0 Å². The SMILES string of the molecule is CC1(CNC(=O)CCC2CCNC2)COC1. The van der Waals surface area contributed by atoms with Crippen molar-refractivity contribution >= 4 is 5.91 Å². The van der Waals surface area contributed by atoms with Gasteiger partial charge in [-0.05, 0) is 31.8 Å². The highest BCUT2D eigenvalue weighted by atomic mass is 16.5. The Morgan fingerprint density at radius 3 is 2.94 bits per heavy atom. The number of nitrogens with one attached hydrogen (secondary N) is 2. The third-order valence-corrected chi connectivity index (χ3v) is 3.56. The van der Waals surface area contributed by atoms with Gasteiger partial charge < -0.3 is 15.4 Å². The molecule has 4 heteroatoms. The summed E-state index contributed by atoms with van der Waals surface area (Å²) in [7, 11) is 0. The first kappa shape index (κ1) is 11.9. The zero-order valence-electron chi connectivity index (χ0n) is 10.1. The van der Waals surface area contributed by atoms with E-state index >= 15 is 0 Å². The molecule has 2 rings (SSSR count). The number of rotatable bonds is 5. The maximum absolute atomic E-state index is 11.6. The van der Waals surface area contributed by atoms with Gasteiger partial charge in [-0.2, -0.15) is 0 Å². The molecule has 2 fully saturated rings. The van der Waals surface area contributed by atoms with Gasteiger partial charge in [-0.25, -0.2) is 0 Å². The molecule has 2 heterocycles. The number of carbonyl (C=O) groups is 1. The molecule has 16 heavy (non-hydrogen) atoms. The highest BCUT2D eigenvalue weighted by Crippen LogP contribution is 2.25. The van der Waals surface area contributed by atoms with E-state index in [-0.39, 0.29) is 11.3 Å². The molecule has 1 amide bonds. The van der Waals surface area contributed by atoms with Gasteiger partial charge in [0.05, 0.1) is 13.2 Å². The summed E-state index contributed by atoms with van der Waals surface area (Å²) >= 11 is 0. The molecule has 0 radical (unpaired) electrons. The fraction of sp³-hybridized carbons (Fsp3) is 0.917. The summed E-state index contributed by atoms with van der Waals surface area (Å²) in [6, 6.07) is 0. The van der Waals surface area contributed by atoms with E-state index in [9.17, 15) is 4.79 Å². The van der Waals surface area contributed by atoms with Crippen LogP contribution in [0, 0.1) is 11.3 Å². The standard InChI is InChI=1S/C12H22N2O2/c1-12(8-16-9-12)7-14-11(15)3-2-10-4-5-13-6-10/h10,13H,2-9H2,1H3,(H,14,15). The Morgan fingerprint density at radius 2 is 2.38 bits per heavy atom. The molecule has 2 aliphatic rings. The Labute approximate surface area is 97.1 Å². The maximum Gasteiger partial charge on any atom is 0.220 e. The van der Waals surface area contributed by atoms with Gasteiger partial charge in [0, 0.05) is 18.4 Å². The summed E-state index contributed by atoms with van der Waals surface area (Å²) in [5, 5.41) is 6.33. The monoisotopic (exact) mass is 226 g/mol. The summed E-state index contributed by atoms with van der Waals surface area (Å²) in [5.41, 5.74) is 0.185. The lowest BCUT2D eigenvalue weighted by Crippen LogP contribution is -2.48. The van der Waals surface area contributed by atoms with Gasteiger partial charge in [0.25, 0.3) is 0 Å². The van der Waals surface area contributed by atoms with Gasteiger partial charge >= 0.3 is 0 Å². The molecule has 2 N–H and O–H groups in total. The summed E-state index contributed by atoms with van der Waals surface area (Å²) in [6.45, 7) is 6.66. The average Bonchev–Trinajstić information content (AvgIpc) is 2.73. The molecule has 0 bridgehead atoms. The van der Waals surface area contributed by atoms with Crippen molar-refractivity contribution in [1.82, 2.24) is 10.6 Å². The van der Waals surface area contributed by atoms with E-state index in [4.69, 9.17) is 4.74 Å². The molecule has 0 saturated carbocycles. The van der Waals surface area contributed by atoms with Gasteiger partial charge in [-0.15, -0.1) is 0 Å². The average molecular weight is 226 g/mol. The number of hydrogen-bond donors (Lipinski definition) is 2. The first-order valence-corrected chi connectivity index (χ1v) is 6.23. The van der Waals surface area contributed by atoms with E-state index in [0.717, 1.165) is 39.3 Å². The molecule has 1 atom stereocenters. The molecule has 2 aliphatic heterocycles. The Kier molecular flexibility index (Phi) is 3.82. The van der Waals surface area contributed by atoms with Gasteiger partial charge in [0.2, 0.25) is 5.91 Å². The molecule has 1 unspecified atom stereocenters. The van der Waals surface area contributed by atoms with Crippen molar-refractivity contribution in [2.75, 3.05) is 32.8 Å². The molecule has 0 aromatic carbocycles. The third-order valence-electron chi connectivity index (χ3n) is 3.56. The molecule has 2 saturated heterocycles. The van der Waals surface area contributed by atoms with Crippen LogP contribution in [-0.2, 0) is 9.53 Å². The zero-order chi connectivity index (χ0) is 11.4. The van der Waals surface area contributed by atoms with E-state index in [1.165, 1.54) is 6.42 Å². The smallest absolute Gasteiger partial charge is 0.220 e. The molecular weight excluding hydrogens is 204 g/mol. The Hall–Kier alpha value is -0.610. The lowest BCUT2D eigenvalue weighted by molar-refractivity contribution is -0.127. The van der Waals surface area contributed by atoms with E-state index in [0.29, 0.717) is 12.3 Å². The molecule has 0 aliphatic carbocycles. The summed E-state index contributed by atoms with van der Waals surface area (Å²) in [5.74, 6) is 0.897. The van der Waals surface area contributed by atoms with Crippen LogP contribution >= 0.6 is 0 Å². The van der Waals surface area contributed by atoms with Crippen LogP contribution in [0.25, 0.3) is 0 Å². The van der Waals surface area contributed by atoms with Crippen LogP contribution in [0.1, 0.15) is 26.2 Å². The van der Waals surface area contributed by atoms with E-state index in [1.54, 1.807) is 0 Å². The van der Waals surface area contributed by atoms with Crippen molar-refractivity contribution in [3.05, 3.63) is 0 Å². The van der Waals surface area contributed by atoms with Crippen LogP contribution in [0.2, 0.25) is 0 Å². The quantitative estimate of drug-likeness (QED) is 0.719. The van der Waals surface area contributed by atoms with Crippen molar-refractivity contribution in [3.63, 3.8) is 0 Å². The van der Waals surface area contributed by atoms with Gasteiger partial charge in [-0.3, -0.25) is 4.79 Å². The van der Waals surface area contributed by atoms with Crippen molar-refractivity contribution in [3.8, 4) is 0 Å². The normalized spacial score (nSPS) is 27.4. The highest BCUT2D eigenvalue weighted by molar-refractivity contribution is 5.75. The second kappa shape index (κ2) is 5.15. The maximum atomic E-state index is 11.6. The van der Waals surface area contributed by atoms with Crippen molar-refractivity contribution < 1.29 is 9.53 Å². The molecule has 4 nitrogen and oxygen atoms in total. The minimum absolute atomic E-state index is 0.185. The molecule has 0 spiro atoms. The summed E-state index contributed by atoms with van der Waals surface area (Å²) in [4.78, 5) is 11.6. The second-order valence-electron chi connectivity index (χ2n) is 5.48. The molecular formula is C12H22N2O2. The largest absolute Gasteiger partial charge is 0.380 e. The van der Waals surface area contributed by atoms with Crippen LogP contribution in [0.4, 0.5) is 0 Å². The number of amides is 1. The lowest BCUT2D eigenvalue weighted by Gasteiger charge is -2.38. The predicted molar refractivity (Wildman–Crippen MR) is 62.1 cm³/mol. The minimum atomic E-state index is 0.185. The first-order valence-electron chi connectivity index (χ1n) is 6.23. The number of hydrogen-bond acceptors (Lipinski definition) is 3. The van der Waals surface area contributed by atoms with Gasteiger partial charge in [0.15, 0.2) is 0 Å². The van der Waals surface area contributed by atoms with Gasteiger partial charge in [-0.1, -0.05) is 6.92 Å². The third kappa shape index (κ3) is 3.19. The van der Waals surface area contributed by atoms with E-state index in [2.05, 4.69) is 17.6 Å². The number of carbonyl (C=O) groups excluding carboxylic acids is 1. The summed E-state index contributed by atoms with van der Waals surface area (Å²) < 4.78 is 5.15. The number of ether oxygens (including phenoxy) is 1. The first-order chi connectivity index (χ1) is 7.68. The Bertz CT molecular complexity index is 245. The van der Waals surface area contributed by atoms with Crippen molar-refractivity contribution in [1.29, 1.82) is 0 Å². The van der Waals surface area contributed by atoms with Crippen molar-refractivity contribution in [2.24, 2.45) is 11.3 Å². The van der Waals surface area contributed by atoms with Gasteiger partial charge in [0.1, 0.15) is 0 Å². The molecule has 0 aromatic heterocycles. The Balaban J connectivity index is 1.57. The second-order valence-corrected chi connectivity index (χ2v) is 5.48.